The molecule has 1 saturated carbocycles. The van der Waals surface area contributed by atoms with Crippen molar-refractivity contribution in [2.45, 2.75) is 30.6 Å². The standard InChI is InChI=1S/C14H20FNO3S/c1-3-19-9-14(16)12(13(14)20(17,18)4-2)10-5-7-11(15)8-6-10/h5-8,12-13H,3-4,9,16H2,1-2H3/t12-,13+,14-/m1/s1. The van der Waals surface area contributed by atoms with Crippen LogP contribution < -0.4 is 5.73 Å². The number of nitrogens with two attached hydrogens (primary N) is 1. The van der Waals surface area contributed by atoms with Crippen LogP contribution in [-0.2, 0) is 14.6 Å². The van der Waals surface area contributed by atoms with E-state index in [0.29, 0.717) is 6.61 Å². The number of benzene rings is 1. The molecule has 112 valence electrons. The summed E-state index contributed by atoms with van der Waals surface area (Å²) < 4.78 is 42.7. The average molecular weight is 301 g/mol. The van der Waals surface area contributed by atoms with Crippen LogP contribution in [0.1, 0.15) is 25.3 Å². The van der Waals surface area contributed by atoms with Gasteiger partial charge in [0.2, 0.25) is 0 Å². The van der Waals surface area contributed by atoms with Gasteiger partial charge in [0.05, 0.1) is 17.4 Å². The lowest BCUT2D eigenvalue weighted by Gasteiger charge is -2.12. The topological polar surface area (TPSA) is 69.4 Å². The van der Waals surface area contributed by atoms with Gasteiger partial charge in [0.15, 0.2) is 9.84 Å². The van der Waals surface area contributed by atoms with E-state index in [2.05, 4.69) is 0 Å². The molecule has 1 aromatic carbocycles. The minimum absolute atomic E-state index is 0.0421. The van der Waals surface area contributed by atoms with Crippen molar-refractivity contribution in [3.05, 3.63) is 35.6 Å². The van der Waals surface area contributed by atoms with Crippen molar-refractivity contribution in [1.82, 2.24) is 0 Å². The van der Waals surface area contributed by atoms with Gasteiger partial charge in [0, 0.05) is 18.3 Å². The molecule has 1 aromatic rings. The van der Waals surface area contributed by atoms with Gasteiger partial charge in [-0.25, -0.2) is 12.8 Å². The zero-order chi connectivity index (χ0) is 15.0. The minimum Gasteiger partial charge on any atom is -0.380 e. The molecule has 1 fully saturated rings. The van der Waals surface area contributed by atoms with Crippen molar-refractivity contribution in [2.75, 3.05) is 19.0 Å². The van der Waals surface area contributed by atoms with Gasteiger partial charge in [0.1, 0.15) is 5.82 Å². The van der Waals surface area contributed by atoms with E-state index < -0.39 is 20.6 Å². The Morgan fingerprint density at radius 3 is 2.40 bits per heavy atom. The van der Waals surface area contributed by atoms with Crippen LogP contribution in [0.5, 0.6) is 0 Å². The van der Waals surface area contributed by atoms with E-state index in [0.717, 1.165) is 5.56 Å². The maximum atomic E-state index is 13.0. The first-order valence-electron chi connectivity index (χ1n) is 6.70. The summed E-state index contributed by atoms with van der Waals surface area (Å²) in [7, 11) is -3.27. The van der Waals surface area contributed by atoms with Crippen LogP contribution in [0.3, 0.4) is 0 Å². The number of sulfone groups is 1. The molecule has 0 unspecified atom stereocenters. The van der Waals surface area contributed by atoms with Crippen molar-refractivity contribution in [3.8, 4) is 0 Å². The van der Waals surface area contributed by atoms with Crippen LogP contribution in [0.4, 0.5) is 4.39 Å². The summed E-state index contributed by atoms with van der Waals surface area (Å²) in [6, 6.07) is 5.84. The summed E-state index contributed by atoms with van der Waals surface area (Å²) in [5.41, 5.74) is 6.09. The average Bonchev–Trinajstić information content (AvgIpc) is 3.05. The van der Waals surface area contributed by atoms with Crippen LogP contribution >= 0.6 is 0 Å². The fraction of sp³-hybridized carbons (Fsp3) is 0.571. The lowest BCUT2D eigenvalue weighted by atomic mass is 10.1. The Bertz CT molecular complexity index is 573. The number of rotatable bonds is 6. The van der Waals surface area contributed by atoms with Crippen LogP contribution in [0.25, 0.3) is 0 Å². The third kappa shape index (κ3) is 2.60. The maximum Gasteiger partial charge on any atom is 0.155 e. The SMILES string of the molecule is CCOC[C@@]1(N)[C@H](c2ccc(F)cc2)[C@@H]1S(=O)(=O)CC. The van der Waals surface area contributed by atoms with Crippen molar-refractivity contribution in [3.63, 3.8) is 0 Å². The van der Waals surface area contributed by atoms with Gasteiger partial charge >= 0.3 is 0 Å². The number of hydrogen-bond acceptors (Lipinski definition) is 4. The van der Waals surface area contributed by atoms with Crippen LogP contribution in [0, 0.1) is 5.82 Å². The Balaban J connectivity index is 2.32. The highest BCUT2D eigenvalue weighted by Crippen LogP contribution is 2.54. The highest BCUT2D eigenvalue weighted by Gasteiger charge is 2.68. The van der Waals surface area contributed by atoms with E-state index in [4.69, 9.17) is 10.5 Å². The zero-order valence-corrected chi connectivity index (χ0v) is 12.5. The smallest absolute Gasteiger partial charge is 0.155 e. The van der Waals surface area contributed by atoms with E-state index in [-0.39, 0.29) is 24.1 Å². The summed E-state index contributed by atoms with van der Waals surface area (Å²) in [6.45, 7) is 4.11. The van der Waals surface area contributed by atoms with Crippen molar-refractivity contribution in [2.24, 2.45) is 5.73 Å². The first kappa shape index (κ1) is 15.4. The molecule has 0 aliphatic heterocycles. The fourth-order valence-corrected chi connectivity index (χ4v) is 4.74. The first-order valence-corrected chi connectivity index (χ1v) is 8.42. The molecular formula is C14H20FNO3S. The third-order valence-electron chi connectivity index (χ3n) is 3.88. The van der Waals surface area contributed by atoms with Gasteiger partial charge in [-0.1, -0.05) is 19.1 Å². The molecule has 1 aliphatic rings. The molecule has 2 N–H and O–H groups in total. The second-order valence-corrected chi connectivity index (χ2v) is 7.56. The summed E-state index contributed by atoms with van der Waals surface area (Å²) in [5, 5.41) is -0.656. The largest absolute Gasteiger partial charge is 0.380 e. The Labute approximate surface area is 119 Å². The number of halogens is 1. The maximum absolute atomic E-state index is 13.0. The van der Waals surface area contributed by atoms with Gasteiger partial charge in [-0.2, -0.15) is 0 Å². The Morgan fingerprint density at radius 2 is 1.90 bits per heavy atom. The van der Waals surface area contributed by atoms with Crippen LogP contribution in [0.2, 0.25) is 0 Å². The fourth-order valence-electron chi connectivity index (χ4n) is 2.75. The molecule has 0 saturated heterocycles. The van der Waals surface area contributed by atoms with Crippen molar-refractivity contribution in [1.29, 1.82) is 0 Å². The molecule has 3 atom stereocenters. The van der Waals surface area contributed by atoms with E-state index in [9.17, 15) is 12.8 Å². The molecule has 0 spiro atoms. The van der Waals surface area contributed by atoms with E-state index >= 15 is 0 Å². The molecule has 20 heavy (non-hydrogen) atoms. The molecule has 0 heterocycles. The van der Waals surface area contributed by atoms with Crippen molar-refractivity contribution >= 4 is 9.84 Å². The van der Waals surface area contributed by atoms with Gasteiger partial charge in [-0.05, 0) is 24.6 Å². The van der Waals surface area contributed by atoms with Crippen LogP contribution in [0.15, 0.2) is 24.3 Å². The van der Waals surface area contributed by atoms with E-state index in [1.807, 2.05) is 6.92 Å². The Hall–Kier alpha value is -0.980. The molecule has 4 nitrogen and oxygen atoms in total. The van der Waals surface area contributed by atoms with E-state index in [1.165, 1.54) is 12.1 Å². The van der Waals surface area contributed by atoms with Gasteiger partial charge in [0.25, 0.3) is 0 Å². The molecule has 1 aliphatic carbocycles. The summed E-state index contributed by atoms with van der Waals surface area (Å²) >= 11 is 0. The lowest BCUT2D eigenvalue weighted by Crippen LogP contribution is -2.36. The number of ether oxygens (including phenoxy) is 1. The van der Waals surface area contributed by atoms with Gasteiger partial charge < -0.3 is 10.5 Å². The highest BCUT2D eigenvalue weighted by molar-refractivity contribution is 7.92. The normalized spacial score (nSPS) is 29.4. The quantitative estimate of drug-likeness (QED) is 0.863. The monoisotopic (exact) mass is 301 g/mol. The molecule has 2 rings (SSSR count). The zero-order valence-electron chi connectivity index (χ0n) is 11.7. The Morgan fingerprint density at radius 1 is 1.30 bits per heavy atom. The van der Waals surface area contributed by atoms with Crippen LogP contribution in [-0.4, -0.2) is 38.2 Å². The predicted octanol–water partition coefficient (Wildman–Crippen LogP) is 1.46. The minimum atomic E-state index is -3.27. The molecule has 0 bridgehead atoms. The van der Waals surface area contributed by atoms with E-state index in [1.54, 1.807) is 19.1 Å². The molecule has 0 radical (unpaired) electrons. The molecule has 0 aromatic heterocycles. The molecule has 6 heteroatoms. The first-order chi connectivity index (χ1) is 9.36. The lowest BCUT2D eigenvalue weighted by molar-refractivity contribution is 0.125. The van der Waals surface area contributed by atoms with Gasteiger partial charge in [-0.3, -0.25) is 0 Å². The van der Waals surface area contributed by atoms with Crippen molar-refractivity contribution < 1.29 is 17.5 Å². The van der Waals surface area contributed by atoms with Gasteiger partial charge in [-0.15, -0.1) is 0 Å². The number of hydrogen-bond donors (Lipinski definition) is 1. The second-order valence-electron chi connectivity index (χ2n) is 5.15. The molecule has 0 amide bonds. The third-order valence-corrected chi connectivity index (χ3v) is 6.17. The Kier molecular flexibility index (Phi) is 4.18. The second kappa shape index (κ2) is 5.42. The molecular weight excluding hydrogens is 281 g/mol. The summed E-state index contributed by atoms with van der Waals surface area (Å²) in [6.07, 6.45) is 0. The summed E-state index contributed by atoms with van der Waals surface area (Å²) in [4.78, 5) is 0. The summed E-state index contributed by atoms with van der Waals surface area (Å²) in [5.74, 6) is -0.642. The predicted molar refractivity (Wildman–Crippen MR) is 75.8 cm³/mol. The highest BCUT2D eigenvalue weighted by atomic mass is 32.2.